The molecule has 2 bridgehead atoms. The van der Waals surface area contributed by atoms with Gasteiger partial charge in [0.25, 0.3) is 5.91 Å². The fourth-order valence-corrected chi connectivity index (χ4v) is 6.84. The quantitative estimate of drug-likeness (QED) is 0.736. The van der Waals surface area contributed by atoms with Gasteiger partial charge in [0.15, 0.2) is 0 Å². The van der Waals surface area contributed by atoms with E-state index in [0.717, 1.165) is 31.4 Å². The number of H-pyrrole nitrogens is 1. The van der Waals surface area contributed by atoms with Crippen molar-refractivity contribution < 1.29 is 9.53 Å². The molecule has 6 rings (SSSR count). The minimum Gasteiger partial charge on any atom is -0.497 e. The van der Waals surface area contributed by atoms with Crippen LogP contribution in [0.25, 0.3) is 10.9 Å². The number of methoxy groups -OCH3 is 1. The molecule has 168 valence electrons. The third-order valence-corrected chi connectivity index (χ3v) is 8.24. The van der Waals surface area contributed by atoms with Gasteiger partial charge in [-0.25, -0.2) is 0 Å². The molecule has 4 aliphatic rings. The van der Waals surface area contributed by atoms with Crippen LogP contribution in [0.1, 0.15) is 48.9 Å². The first-order valence-electron chi connectivity index (χ1n) is 12.1. The standard InChI is InChI=1S/C26H31N3O3/c1-32-19-7-8-22-20(13-19)25(30)21(14-27-22)26(31)29-10-4-5-16-11-17-12-18(24(16)29)15-28-9-3-2-6-23(17)28/h7-8,11,13-14,17-18,23-24H,2-6,9-10,12,15H2,1H3,(H,27,30)/t17?,18?,23-,24-/m1/s1. The highest BCUT2D eigenvalue weighted by Crippen LogP contribution is 2.45. The molecule has 6 heteroatoms. The lowest BCUT2D eigenvalue weighted by Crippen LogP contribution is -2.60. The molecular formula is C26H31N3O3. The van der Waals surface area contributed by atoms with Gasteiger partial charge in [-0.2, -0.15) is 0 Å². The summed E-state index contributed by atoms with van der Waals surface area (Å²) in [6.07, 6.45) is 11.3. The third kappa shape index (κ3) is 3.11. The Labute approximate surface area is 188 Å². The number of rotatable bonds is 2. The number of nitrogens with one attached hydrogen (secondary N) is 1. The first-order chi connectivity index (χ1) is 15.6. The molecular weight excluding hydrogens is 402 g/mol. The minimum absolute atomic E-state index is 0.134. The monoisotopic (exact) mass is 433 g/mol. The highest BCUT2D eigenvalue weighted by molar-refractivity contribution is 5.97. The summed E-state index contributed by atoms with van der Waals surface area (Å²) in [5, 5.41) is 0.500. The highest BCUT2D eigenvalue weighted by atomic mass is 16.5. The number of aromatic nitrogens is 1. The molecule has 3 aliphatic heterocycles. The summed E-state index contributed by atoms with van der Waals surface area (Å²) in [4.78, 5) is 34.9. The molecule has 0 saturated carbocycles. The number of piperidine rings is 3. The zero-order valence-electron chi connectivity index (χ0n) is 18.7. The number of likely N-dealkylation sites (tertiary alicyclic amines) is 1. The third-order valence-electron chi connectivity index (χ3n) is 8.24. The molecule has 1 N–H and O–H groups in total. The number of hydrogen-bond acceptors (Lipinski definition) is 4. The van der Waals surface area contributed by atoms with E-state index >= 15 is 0 Å². The van der Waals surface area contributed by atoms with Gasteiger partial charge in [-0.05, 0) is 68.7 Å². The predicted molar refractivity (Wildman–Crippen MR) is 124 cm³/mol. The number of fused-ring (bicyclic) bond motifs is 7. The fourth-order valence-electron chi connectivity index (χ4n) is 6.84. The number of nitrogens with zero attached hydrogens (tertiary/aromatic N) is 2. The fraction of sp³-hybridized carbons (Fsp3) is 0.538. The van der Waals surface area contributed by atoms with Crippen LogP contribution < -0.4 is 10.2 Å². The van der Waals surface area contributed by atoms with Crippen molar-refractivity contribution in [3.63, 3.8) is 0 Å². The summed E-state index contributed by atoms with van der Waals surface area (Å²) in [7, 11) is 1.58. The number of carbonyl (C=O) groups is 1. The Morgan fingerprint density at radius 3 is 2.97 bits per heavy atom. The van der Waals surface area contributed by atoms with E-state index in [4.69, 9.17) is 4.74 Å². The molecule has 0 spiro atoms. The van der Waals surface area contributed by atoms with Crippen molar-refractivity contribution in [1.82, 2.24) is 14.8 Å². The lowest BCUT2D eigenvalue weighted by molar-refractivity contribution is 0.00143. The molecule has 0 radical (unpaired) electrons. The highest BCUT2D eigenvalue weighted by Gasteiger charge is 2.47. The van der Waals surface area contributed by atoms with Crippen molar-refractivity contribution in [1.29, 1.82) is 0 Å². The maximum absolute atomic E-state index is 13.8. The molecule has 3 saturated heterocycles. The van der Waals surface area contributed by atoms with Gasteiger partial charge in [0.2, 0.25) is 5.43 Å². The van der Waals surface area contributed by atoms with E-state index in [2.05, 4.69) is 16.0 Å². The van der Waals surface area contributed by atoms with E-state index in [1.54, 1.807) is 19.4 Å². The van der Waals surface area contributed by atoms with E-state index < -0.39 is 0 Å². The molecule has 2 aromatic rings. The van der Waals surface area contributed by atoms with Gasteiger partial charge < -0.3 is 14.6 Å². The number of carbonyl (C=O) groups excluding carboxylic acids is 1. The van der Waals surface area contributed by atoms with Gasteiger partial charge in [0.05, 0.1) is 13.2 Å². The van der Waals surface area contributed by atoms with Crippen molar-refractivity contribution in [3.05, 3.63) is 51.8 Å². The average Bonchev–Trinajstić information content (AvgIpc) is 2.83. The second kappa shape index (κ2) is 7.77. The zero-order valence-corrected chi connectivity index (χ0v) is 18.7. The summed E-state index contributed by atoms with van der Waals surface area (Å²) in [5.74, 6) is 1.59. The van der Waals surface area contributed by atoms with Gasteiger partial charge in [-0.1, -0.05) is 18.1 Å². The summed E-state index contributed by atoms with van der Waals surface area (Å²) in [6, 6.07) is 6.18. The number of pyridine rings is 1. The molecule has 6 nitrogen and oxygen atoms in total. The van der Waals surface area contributed by atoms with Crippen LogP contribution >= 0.6 is 0 Å². The van der Waals surface area contributed by atoms with Crippen molar-refractivity contribution in [3.8, 4) is 5.75 Å². The molecule has 1 aromatic carbocycles. The largest absolute Gasteiger partial charge is 0.497 e. The Bertz CT molecular complexity index is 1150. The van der Waals surface area contributed by atoms with Crippen molar-refractivity contribution in [2.45, 2.75) is 50.6 Å². The van der Waals surface area contributed by atoms with Crippen molar-refractivity contribution >= 4 is 16.8 Å². The van der Waals surface area contributed by atoms with Crippen LogP contribution in [0.3, 0.4) is 0 Å². The molecule has 1 aliphatic carbocycles. The van der Waals surface area contributed by atoms with Crippen LogP contribution in [0.15, 0.2) is 40.8 Å². The number of hydrogen-bond donors (Lipinski definition) is 1. The van der Waals surface area contributed by atoms with Crippen LogP contribution in [0, 0.1) is 11.8 Å². The van der Waals surface area contributed by atoms with Crippen LogP contribution in [-0.4, -0.2) is 59.5 Å². The van der Waals surface area contributed by atoms with Crippen LogP contribution in [-0.2, 0) is 0 Å². The molecule has 32 heavy (non-hydrogen) atoms. The maximum atomic E-state index is 13.8. The van der Waals surface area contributed by atoms with Crippen LogP contribution in [0.5, 0.6) is 5.75 Å². The Morgan fingerprint density at radius 1 is 1.19 bits per heavy atom. The van der Waals surface area contributed by atoms with E-state index in [9.17, 15) is 9.59 Å². The number of benzene rings is 1. The molecule has 2 unspecified atom stereocenters. The minimum atomic E-state index is -0.216. The smallest absolute Gasteiger partial charge is 0.259 e. The Morgan fingerprint density at radius 2 is 2.09 bits per heavy atom. The average molecular weight is 434 g/mol. The van der Waals surface area contributed by atoms with Crippen LogP contribution in [0.4, 0.5) is 0 Å². The van der Waals surface area contributed by atoms with Gasteiger partial charge in [0.1, 0.15) is 11.3 Å². The summed E-state index contributed by atoms with van der Waals surface area (Å²) in [6.45, 7) is 2.99. The predicted octanol–water partition coefficient (Wildman–Crippen LogP) is 3.57. The van der Waals surface area contributed by atoms with Crippen molar-refractivity contribution in [2.24, 2.45) is 11.8 Å². The van der Waals surface area contributed by atoms with Crippen molar-refractivity contribution in [2.75, 3.05) is 26.7 Å². The lowest BCUT2D eigenvalue weighted by Gasteiger charge is -2.54. The Kier molecular flexibility index (Phi) is 4.86. The maximum Gasteiger partial charge on any atom is 0.259 e. The molecule has 1 aromatic heterocycles. The van der Waals surface area contributed by atoms with E-state index in [-0.39, 0.29) is 22.9 Å². The van der Waals surface area contributed by atoms with E-state index in [1.165, 1.54) is 37.8 Å². The molecule has 4 atom stereocenters. The van der Waals surface area contributed by atoms with E-state index in [0.29, 0.717) is 29.0 Å². The number of ether oxygens (including phenoxy) is 1. The summed E-state index contributed by atoms with van der Waals surface area (Å²) < 4.78 is 5.29. The van der Waals surface area contributed by atoms with Gasteiger partial charge in [0, 0.05) is 36.2 Å². The first-order valence-corrected chi connectivity index (χ1v) is 12.1. The molecule has 4 heterocycles. The van der Waals surface area contributed by atoms with Gasteiger partial charge in [-0.15, -0.1) is 0 Å². The van der Waals surface area contributed by atoms with E-state index in [1.807, 2.05) is 17.0 Å². The normalized spacial score (nSPS) is 29.8. The van der Waals surface area contributed by atoms with Gasteiger partial charge >= 0.3 is 0 Å². The number of aromatic amines is 1. The Hall–Kier alpha value is -2.60. The number of amides is 1. The topological polar surface area (TPSA) is 65.6 Å². The summed E-state index contributed by atoms with van der Waals surface area (Å²) >= 11 is 0. The second-order valence-corrected chi connectivity index (χ2v) is 9.95. The lowest BCUT2D eigenvalue weighted by atomic mass is 9.68. The molecule has 1 amide bonds. The second-order valence-electron chi connectivity index (χ2n) is 9.95. The Balaban J connectivity index is 1.36. The SMILES string of the molecule is COc1ccc2[nH]cc(C(=O)N3CCCC4=CC5CC(CN6CCCC[C@H]56)[C@@H]43)c(=O)c2c1. The zero-order chi connectivity index (χ0) is 21.8. The van der Waals surface area contributed by atoms with Crippen LogP contribution in [0.2, 0.25) is 0 Å². The first kappa shape index (κ1) is 20.0. The summed E-state index contributed by atoms with van der Waals surface area (Å²) in [5.41, 5.74) is 2.18. The van der Waals surface area contributed by atoms with Gasteiger partial charge in [-0.3, -0.25) is 14.5 Å². The molecule has 3 fully saturated rings.